The molecule has 0 aliphatic carbocycles. The Balaban J connectivity index is 1.63. The molecule has 0 saturated carbocycles. The zero-order valence-electron chi connectivity index (χ0n) is 15.3. The zero-order valence-corrected chi connectivity index (χ0v) is 16.1. The molecule has 0 bridgehead atoms. The Morgan fingerprint density at radius 1 is 1.11 bits per heavy atom. The van der Waals surface area contributed by atoms with E-state index in [0.29, 0.717) is 23.9 Å². The Hall–Kier alpha value is -2.64. The van der Waals surface area contributed by atoms with Crippen LogP contribution in [0.15, 0.2) is 58.4 Å². The molecule has 0 radical (unpaired) electrons. The summed E-state index contributed by atoms with van der Waals surface area (Å²) < 4.78 is 33.5. The lowest BCUT2D eigenvalue weighted by atomic mass is 10.1. The van der Waals surface area contributed by atoms with Gasteiger partial charge in [0.2, 0.25) is 10.0 Å². The Labute approximate surface area is 158 Å². The fraction of sp³-hybridized carbons (Fsp3) is 0.250. The summed E-state index contributed by atoms with van der Waals surface area (Å²) in [4.78, 5) is 14.8. The molecule has 0 amide bonds. The average Bonchev–Trinajstić information content (AvgIpc) is 2.63. The van der Waals surface area contributed by atoms with Gasteiger partial charge in [-0.25, -0.2) is 13.1 Å². The van der Waals surface area contributed by atoms with Crippen molar-refractivity contribution in [3.63, 3.8) is 0 Å². The largest absolute Gasteiger partial charge is 0.493 e. The lowest BCUT2D eigenvalue weighted by molar-refractivity contribution is 0.309. The maximum absolute atomic E-state index is 12.6. The summed E-state index contributed by atoms with van der Waals surface area (Å²) in [5, 5.41) is 0.346. The van der Waals surface area contributed by atoms with Gasteiger partial charge in [0.05, 0.1) is 12.1 Å². The van der Waals surface area contributed by atoms with Gasteiger partial charge in [-0.15, -0.1) is 0 Å². The number of H-pyrrole nitrogens is 1. The summed E-state index contributed by atoms with van der Waals surface area (Å²) >= 11 is 0. The number of aromatic amines is 1. The number of aryl methyl sites for hydroxylation is 2. The van der Waals surface area contributed by atoms with Gasteiger partial charge in [0.15, 0.2) is 5.43 Å². The minimum absolute atomic E-state index is 0.0630. The number of nitrogens with one attached hydrogen (secondary N) is 2. The molecule has 2 N–H and O–H groups in total. The maximum atomic E-state index is 12.6. The van der Waals surface area contributed by atoms with Crippen LogP contribution in [0.4, 0.5) is 0 Å². The third kappa shape index (κ3) is 4.37. The molecule has 3 rings (SSSR count). The number of aromatic nitrogens is 1. The Bertz CT molecular complexity index is 1120. The van der Waals surface area contributed by atoms with Crippen LogP contribution in [0.5, 0.6) is 5.75 Å². The number of pyridine rings is 1. The van der Waals surface area contributed by atoms with E-state index < -0.39 is 10.0 Å². The summed E-state index contributed by atoms with van der Waals surface area (Å²) in [7, 11) is -3.74. The zero-order chi connectivity index (χ0) is 19.4. The number of hydrogen-bond donors (Lipinski definition) is 2. The Kier molecular flexibility index (Phi) is 5.62. The molecular weight excluding hydrogens is 364 g/mol. The number of hydrogen-bond acceptors (Lipinski definition) is 4. The smallest absolute Gasteiger partial charge is 0.242 e. The second kappa shape index (κ2) is 7.94. The number of fused-ring (bicyclic) bond motifs is 1. The van der Waals surface area contributed by atoms with Crippen molar-refractivity contribution in [2.75, 3.05) is 13.2 Å². The van der Waals surface area contributed by atoms with Crippen molar-refractivity contribution in [3.8, 4) is 5.75 Å². The molecule has 0 unspecified atom stereocenters. The van der Waals surface area contributed by atoms with Crippen LogP contribution >= 0.6 is 0 Å². The average molecular weight is 386 g/mol. The van der Waals surface area contributed by atoms with Crippen LogP contribution in [0.2, 0.25) is 0 Å². The van der Waals surface area contributed by atoms with E-state index in [4.69, 9.17) is 4.74 Å². The summed E-state index contributed by atoms with van der Waals surface area (Å²) in [6.07, 6.45) is 1.97. The number of benzene rings is 2. The second-order valence-corrected chi connectivity index (χ2v) is 8.12. The number of ether oxygens (including phenoxy) is 1. The molecule has 0 aliphatic heterocycles. The molecule has 3 aromatic rings. The molecule has 7 heteroatoms. The number of para-hydroxylation sites is 1. The van der Waals surface area contributed by atoms with Crippen molar-refractivity contribution in [2.24, 2.45) is 0 Å². The van der Waals surface area contributed by atoms with E-state index in [-0.39, 0.29) is 16.9 Å². The van der Waals surface area contributed by atoms with E-state index in [0.717, 1.165) is 11.3 Å². The first-order valence-corrected chi connectivity index (χ1v) is 10.2. The predicted octanol–water partition coefficient (Wildman–Crippen LogP) is 2.89. The van der Waals surface area contributed by atoms with Gasteiger partial charge in [0, 0.05) is 24.2 Å². The first-order chi connectivity index (χ1) is 12.9. The van der Waals surface area contributed by atoms with Crippen LogP contribution in [0.25, 0.3) is 10.9 Å². The highest BCUT2D eigenvalue weighted by Crippen LogP contribution is 2.19. The molecule has 1 heterocycles. The van der Waals surface area contributed by atoms with Crippen molar-refractivity contribution in [3.05, 3.63) is 70.0 Å². The molecular formula is C20H22N2O4S. The van der Waals surface area contributed by atoms with Crippen molar-refractivity contribution < 1.29 is 13.2 Å². The predicted molar refractivity (Wildman–Crippen MR) is 106 cm³/mol. The molecule has 0 atom stereocenters. The first kappa shape index (κ1) is 19.1. The van der Waals surface area contributed by atoms with Crippen molar-refractivity contribution in [1.82, 2.24) is 9.71 Å². The fourth-order valence-electron chi connectivity index (χ4n) is 2.90. The van der Waals surface area contributed by atoms with Crippen molar-refractivity contribution >= 4 is 20.9 Å². The molecule has 1 aromatic heterocycles. The lowest BCUT2D eigenvalue weighted by Crippen LogP contribution is -2.26. The van der Waals surface area contributed by atoms with E-state index in [1.54, 1.807) is 12.1 Å². The van der Waals surface area contributed by atoms with E-state index in [1.165, 1.54) is 23.9 Å². The number of sulfonamides is 1. The van der Waals surface area contributed by atoms with E-state index in [2.05, 4.69) is 9.71 Å². The van der Waals surface area contributed by atoms with Crippen LogP contribution in [0.1, 0.15) is 17.5 Å². The third-order valence-corrected chi connectivity index (χ3v) is 5.75. The Morgan fingerprint density at radius 3 is 2.70 bits per heavy atom. The molecule has 142 valence electrons. The van der Waals surface area contributed by atoms with Crippen LogP contribution < -0.4 is 14.9 Å². The molecule has 27 heavy (non-hydrogen) atoms. The highest BCUT2D eigenvalue weighted by molar-refractivity contribution is 7.89. The second-order valence-electron chi connectivity index (χ2n) is 6.39. The first-order valence-electron chi connectivity index (χ1n) is 8.68. The fourth-order valence-corrected chi connectivity index (χ4v) is 4.16. The van der Waals surface area contributed by atoms with Gasteiger partial charge in [-0.05, 0) is 44.0 Å². The van der Waals surface area contributed by atoms with Crippen LogP contribution in [0.3, 0.4) is 0 Å². The van der Waals surface area contributed by atoms with Gasteiger partial charge in [0.25, 0.3) is 0 Å². The Morgan fingerprint density at radius 2 is 1.93 bits per heavy atom. The maximum Gasteiger partial charge on any atom is 0.242 e. The van der Waals surface area contributed by atoms with Gasteiger partial charge in [-0.3, -0.25) is 4.79 Å². The summed E-state index contributed by atoms with van der Waals surface area (Å²) in [5.74, 6) is 0.801. The molecule has 0 spiro atoms. The van der Waals surface area contributed by atoms with E-state index >= 15 is 0 Å². The molecule has 6 nitrogen and oxygen atoms in total. The quantitative estimate of drug-likeness (QED) is 0.611. The van der Waals surface area contributed by atoms with Crippen LogP contribution in [-0.2, 0) is 10.0 Å². The topological polar surface area (TPSA) is 88.3 Å². The number of rotatable bonds is 7. The van der Waals surface area contributed by atoms with Crippen LogP contribution in [0, 0.1) is 13.8 Å². The van der Waals surface area contributed by atoms with Gasteiger partial charge in [-0.2, -0.15) is 0 Å². The van der Waals surface area contributed by atoms with E-state index in [9.17, 15) is 13.2 Å². The van der Waals surface area contributed by atoms with Gasteiger partial charge in [-0.1, -0.05) is 23.8 Å². The summed E-state index contributed by atoms with van der Waals surface area (Å²) in [6.45, 7) is 4.64. The molecule has 0 fully saturated rings. The van der Waals surface area contributed by atoms with E-state index in [1.807, 2.05) is 32.0 Å². The normalized spacial score (nSPS) is 11.6. The molecule has 2 aromatic carbocycles. The van der Waals surface area contributed by atoms with Gasteiger partial charge in [0.1, 0.15) is 10.6 Å². The van der Waals surface area contributed by atoms with Crippen molar-refractivity contribution in [2.45, 2.75) is 25.2 Å². The summed E-state index contributed by atoms with van der Waals surface area (Å²) in [6, 6.07) is 12.0. The SMILES string of the molecule is Cc1ccc(OCCCNS(=O)(=O)c2cccc3c(=O)cc[nH]c23)c(C)c1. The lowest BCUT2D eigenvalue weighted by Gasteiger charge is -2.11. The highest BCUT2D eigenvalue weighted by Gasteiger charge is 2.17. The minimum atomic E-state index is -3.74. The van der Waals surface area contributed by atoms with Crippen molar-refractivity contribution in [1.29, 1.82) is 0 Å². The monoisotopic (exact) mass is 386 g/mol. The highest BCUT2D eigenvalue weighted by atomic mass is 32.2. The summed E-state index contributed by atoms with van der Waals surface area (Å²) in [5.41, 5.74) is 2.31. The van der Waals surface area contributed by atoms with Gasteiger partial charge < -0.3 is 9.72 Å². The molecule has 0 aliphatic rings. The van der Waals surface area contributed by atoms with Crippen LogP contribution in [-0.4, -0.2) is 26.6 Å². The standard InChI is InChI=1S/C20H22N2O4S/c1-14-7-8-18(15(2)13-14)26-12-4-10-22-27(24,25)19-6-3-5-16-17(23)9-11-21-20(16)19/h3,5-9,11,13,22H,4,10,12H2,1-2H3,(H,21,23). The minimum Gasteiger partial charge on any atom is -0.493 e. The third-order valence-electron chi connectivity index (χ3n) is 4.24. The molecule has 0 saturated heterocycles. The van der Waals surface area contributed by atoms with Gasteiger partial charge >= 0.3 is 0 Å².